The van der Waals surface area contributed by atoms with Gasteiger partial charge in [-0.15, -0.1) is 0 Å². The number of benzene rings is 5. The molecule has 5 aromatic carbocycles. The van der Waals surface area contributed by atoms with Crippen LogP contribution in [0.3, 0.4) is 0 Å². The lowest BCUT2D eigenvalue weighted by molar-refractivity contribution is 1.13. The summed E-state index contributed by atoms with van der Waals surface area (Å²) in [6.45, 7) is 0. The maximum atomic E-state index is 5.23. The molecule has 10 aromatic rings. The number of hydrogen-bond acceptors (Lipinski definition) is 4. The summed E-state index contributed by atoms with van der Waals surface area (Å²) in [5, 5.41) is 5.55. The highest BCUT2D eigenvalue weighted by Crippen LogP contribution is 2.36. The summed E-state index contributed by atoms with van der Waals surface area (Å²) < 4.78 is 4.45. The lowest BCUT2D eigenvalue weighted by Crippen LogP contribution is -1.97. The van der Waals surface area contributed by atoms with Gasteiger partial charge >= 0.3 is 0 Å². The van der Waals surface area contributed by atoms with Gasteiger partial charge in [-0.05, 0) is 78.9 Å². The van der Waals surface area contributed by atoms with E-state index in [1.165, 1.54) is 5.39 Å². The van der Waals surface area contributed by atoms with Crippen molar-refractivity contribution in [2.24, 2.45) is 0 Å². The summed E-state index contributed by atoms with van der Waals surface area (Å²) in [4.78, 5) is 19.8. The highest BCUT2D eigenvalue weighted by atomic mass is 15.1. The molecule has 5 aromatic heterocycles. The summed E-state index contributed by atoms with van der Waals surface area (Å²) in [6, 6.07) is 50.4. The van der Waals surface area contributed by atoms with Gasteiger partial charge in [0.25, 0.3) is 0 Å². The predicted molar refractivity (Wildman–Crippen MR) is 195 cm³/mol. The fraction of sp³-hybridized carbons (Fsp3) is 0. The molecule has 0 radical (unpaired) electrons. The molecule has 0 unspecified atom stereocenters. The van der Waals surface area contributed by atoms with Crippen molar-refractivity contribution in [2.45, 2.75) is 0 Å². The Labute approximate surface area is 275 Å². The van der Waals surface area contributed by atoms with E-state index in [1.807, 2.05) is 42.7 Å². The lowest BCUT2D eigenvalue weighted by atomic mass is 10.0. The van der Waals surface area contributed by atoms with Gasteiger partial charge in [-0.2, -0.15) is 0 Å². The normalized spacial score (nSPS) is 11.8. The number of fused-ring (bicyclic) bond motifs is 7. The van der Waals surface area contributed by atoms with E-state index >= 15 is 0 Å². The van der Waals surface area contributed by atoms with Crippen LogP contribution in [0, 0.1) is 0 Å². The van der Waals surface area contributed by atoms with Crippen molar-refractivity contribution in [3.8, 4) is 34.0 Å². The number of nitrogens with zero attached hydrogens (tertiary/aromatic N) is 6. The molecule has 224 valence electrons. The van der Waals surface area contributed by atoms with Crippen LogP contribution in [-0.2, 0) is 0 Å². The first-order chi connectivity index (χ1) is 23.8. The van der Waals surface area contributed by atoms with Crippen LogP contribution in [-0.4, -0.2) is 29.1 Å². The number of rotatable bonds is 4. The highest BCUT2D eigenvalue weighted by Gasteiger charge is 2.17. The Kier molecular flexibility index (Phi) is 5.77. The highest BCUT2D eigenvalue weighted by molar-refractivity contribution is 6.09. The van der Waals surface area contributed by atoms with Crippen LogP contribution in [0.15, 0.2) is 158 Å². The molecule has 0 amide bonds. The van der Waals surface area contributed by atoms with Crippen molar-refractivity contribution >= 4 is 54.8 Å². The second kappa shape index (κ2) is 10.4. The third-order valence-electron chi connectivity index (χ3n) is 9.23. The topological polar surface area (TPSA) is 61.4 Å². The average Bonchev–Trinajstić information content (AvgIpc) is 3.67. The third-order valence-corrected chi connectivity index (χ3v) is 9.23. The standard InChI is InChI=1S/C42H26N6/c1-2-10-29(11-3-1)47-38-23-20-28(26-35(38)33-15-9-25-44-42(33)47)40-45-36-16-6-4-13-34(36)39(46-40)27-18-21-30(22-19-27)48-37-17-7-5-12-31(37)32-14-8-24-43-41(32)48/h1-26H. The van der Waals surface area contributed by atoms with Gasteiger partial charge in [0, 0.05) is 61.8 Å². The molecular weight excluding hydrogens is 589 g/mol. The summed E-state index contributed by atoms with van der Waals surface area (Å²) in [6.07, 6.45) is 3.71. The van der Waals surface area contributed by atoms with E-state index in [-0.39, 0.29) is 0 Å². The van der Waals surface area contributed by atoms with E-state index in [0.29, 0.717) is 5.82 Å². The van der Waals surface area contributed by atoms with E-state index in [0.717, 1.165) is 77.6 Å². The molecule has 0 saturated heterocycles. The van der Waals surface area contributed by atoms with E-state index in [2.05, 4.69) is 124 Å². The molecule has 0 spiro atoms. The Balaban J connectivity index is 1.13. The molecule has 48 heavy (non-hydrogen) atoms. The predicted octanol–water partition coefficient (Wildman–Crippen LogP) is 9.95. The van der Waals surface area contributed by atoms with Gasteiger partial charge in [-0.3, -0.25) is 9.13 Å². The molecule has 0 aliphatic rings. The monoisotopic (exact) mass is 614 g/mol. The minimum Gasteiger partial charge on any atom is -0.294 e. The number of hydrogen-bond donors (Lipinski definition) is 0. The van der Waals surface area contributed by atoms with Crippen LogP contribution >= 0.6 is 0 Å². The largest absolute Gasteiger partial charge is 0.294 e. The molecule has 0 bridgehead atoms. The van der Waals surface area contributed by atoms with Crippen molar-refractivity contribution < 1.29 is 0 Å². The van der Waals surface area contributed by atoms with Gasteiger partial charge in [0.05, 0.1) is 22.2 Å². The molecule has 0 aliphatic carbocycles. The van der Waals surface area contributed by atoms with Gasteiger partial charge in [0.15, 0.2) is 5.82 Å². The lowest BCUT2D eigenvalue weighted by Gasteiger charge is -2.12. The fourth-order valence-electron chi connectivity index (χ4n) is 7.08. The molecule has 10 rings (SSSR count). The molecule has 0 atom stereocenters. The van der Waals surface area contributed by atoms with Crippen LogP contribution in [0.1, 0.15) is 0 Å². The van der Waals surface area contributed by atoms with Crippen molar-refractivity contribution in [2.75, 3.05) is 0 Å². The van der Waals surface area contributed by atoms with Gasteiger partial charge < -0.3 is 0 Å². The first-order valence-electron chi connectivity index (χ1n) is 16.0. The summed E-state index contributed by atoms with van der Waals surface area (Å²) in [5.74, 6) is 0.686. The van der Waals surface area contributed by atoms with Crippen molar-refractivity contribution in [3.63, 3.8) is 0 Å². The first-order valence-corrected chi connectivity index (χ1v) is 16.0. The van der Waals surface area contributed by atoms with Gasteiger partial charge in [0.1, 0.15) is 11.3 Å². The van der Waals surface area contributed by atoms with Crippen LogP contribution in [0.25, 0.3) is 88.8 Å². The summed E-state index contributed by atoms with van der Waals surface area (Å²) in [7, 11) is 0. The summed E-state index contributed by atoms with van der Waals surface area (Å²) >= 11 is 0. The molecule has 0 fully saturated rings. The van der Waals surface area contributed by atoms with E-state index in [1.54, 1.807) is 0 Å². The Morgan fingerprint density at radius 2 is 0.979 bits per heavy atom. The van der Waals surface area contributed by atoms with E-state index in [4.69, 9.17) is 19.9 Å². The molecule has 6 heteroatoms. The smallest absolute Gasteiger partial charge is 0.160 e. The quantitative estimate of drug-likeness (QED) is 0.198. The Bertz CT molecular complexity index is 2780. The number of aromatic nitrogens is 6. The third kappa shape index (κ3) is 3.99. The zero-order chi connectivity index (χ0) is 31.6. The first kappa shape index (κ1) is 26.5. The molecule has 5 heterocycles. The van der Waals surface area contributed by atoms with Crippen LogP contribution in [0.5, 0.6) is 0 Å². The molecule has 6 nitrogen and oxygen atoms in total. The Morgan fingerprint density at radius 1 is 0.396 bits per heavy atom. The van der Waals surface area contributed by atoms with Crippen molar-refractivity contribution in [3.05, 3.63) is 158 Å². The molecule has 0 N–H and O–H groups in total. The van der Waals surface area contributed by atoms with E-state index < -0.39 is 0 Å². The zero-order valence-electron chi connectivity index (χ0n) is 25.7. The Hall–Kier alpha value is -6.66. The van der Waals surface area contributed by atoms with E-state index in [9.17, 15) is 0 Å². The van der Waals surface area contributed by atoms with Gasteiger partial charge in [-0.1, -0.05) is 66.7 Å². The number of pyridine rings is 2. The minimum atomic E-state index is 0.686. The fourth-order valence-corrected chi connectivity index (χ4v) is 7.08. The van der Waals surface area contributed by atoms with Gasteiger partial charge in [-0.25, -0.2) is 19.9 Å². The Morgan fingerprint density at radius 3 is 1.75 bits per heavy atom. The molecule has 0 saturated carbocycles. The van der Waals surface area contributed by atoms with Crippen LogP contribution in [0.2, 0.25) is 0 Å². The van der Waals surface area contributed by atoms with Crippen LogP contribution < -0.4 is 0 Å². The maximum Gasteiger partial charge on any atom is 0.160 e. The van der Waals surface area contributed by atoms with Gasteiger partial charge in [0.2, 0.25) is 0 Å². The average molecular weight is 615 g/mol. The molecule has 0 aliphatic heterocycles. The van der Waals surface area contributed by atoms with Crippen molar-refractivity contribution in [1.82, 2.24) is 29.1 Å². The van der Waals surface area contributed by atoms with Crippen LogP contribution in [0.4, 0.5) is 0 Å². The maximum absolute atomic E-state index is 5.23. The second-order valence-corrected chi connectivity index (χ2v) is 12.0. The zero-order valence-corrected chi connectivity index (χ0v) is 25.7. The molecular formula is C42H26N6. The SMILES string of the molecule is c1ccc(-n2c3ccc(-c4nc(-c5ccc(-n6c7ccccc7c7cccnc76)cc5)c5ccccc5n4)cc3c3cccnc32)cc1. The minimum absolute atomic E-state index is 0.686. The van der Waals surface area contributed by atoms with Crippen molar-refractivity contribution in [1.29, 1.82) is 0 Å². The number of para-hydroxylation sites is 3. The summed E-state index contributed by atoms with van der Waals surface area (Å²) in [5.41, 5.74) is 10.0. The second-order valence-electron chi connectivity index (χ2n) is 12.0.